The van der Waals surface area contributed by atoms with Gasteiger partial charge < -0.3 is 9.84 Å². The van der Waals surface area contributed by atoms with Gasteiger partial charge in [0.1, 0.15) is 0 Å². The van der Waals surface area contributed by atoms with E-state index in [0.29, 0.717) is 22.3 Å². The minimum atomic E-state index is -0.980. The van der Waals surface area contributed by atoms with Crippen LogP contribution in [0.15, 0.2) is 35.4 Å². The summed E-state index contributed by atoms with van der Waals surface area (Å²) >= 11 is 0. The fraction of sp³-hybridized carbons (Fsp3) is 0.312. The molecule has 0 saturated carbocycles. The van der Waals surface area contributed by atoms with Crippen LogP contribution in [0.1, 0.15) is 40.5 Å². The molecule has 1 heterocycles. The second-order valence-corrected chi connectivity index (χ2v) is 5.30. The molecular weight excluding hydrogens is 272 g/mol. The molecule has 0 unspecified atom stereocenters. The number of rotatable bonds is 2. The summed E-state index contributed by atoms with van der Waals surface area (Å²) in [5.41, 5.74) is 1.57. The topological polar surface area (TPSA) is 80.7 Å². The van der Waals surface area contributed by atoms with Crippen LogP contribution in [0.3, 0.4) is 0 Å². The SMILES string of the molecule is C[C@H]1O[C@H](CC(=O)O)CC2=C1C(=O)c1ccccc1C2=O. The first-order valence-electron chi connectivity index (χ1n) is 6.77. The molecular formula is C16H14O5. The van der Waals surface area contributed by atoms with Crippen LogP contribution in [0.5, 0.6) is 0 Å². The van der Waals surface area contributed by atoms with Gasteiger partial charge in [-0.05, 0) is 6.92 Å². The molecule has 0 amide bonds. The van der Waals surface area contributed by atoms with Gasteiger partial charge in [0.05, 0.1) is 18.6 Å². The highest BCUT2D eigenvalue weighted by Gasteiger charge is 2.39. The average molecular weight is 286 g/mol. The molecule has 5 nitrogen and oxygen atoms in total. The van der Waals surface area contributed by atoms with Gasteiger partial charge in [-0.15, -0.1) is 0 Å². The van der Waals surface area contributed by atoms with Crippen molar-refractivity contribution in [2.45, 2.75) is 32.0 Å². The Bertz CT molecular complexity index is 686. The molecule has 1 aliphatic carbocycles. The van der Waals surface area contributed by atoms with Gasteiger partial charge in [0, 0.05) is 28.7 Å². The van der Waals surface area contributed by atoms with Crippen molar-refractivity contribution >= 4 is 17.5 Å². The zero-order chi connectivity index (χ0) is 15.1. The van der Waals surface area contributed by atoms with Crippen molar-refractivity contribution in [3.63, 3.8) is 0 Å². The first-order chi connectivity index (χ1) is 9.99. The normalized spacial score (nSPS) is 24.6. The molecule has 0 aromatic heterocycles. The Morgan fingerprint density at radius 3 is 2.48 bits per heavy atom. The Morgan fingerprint density at radius 1 is 1.24 bits per heavy atom. The maximum atomic E-state index is 12.6. The Labute approximate surface area is 121 Å². The maximum absolute atomic E-state index is 12.6. The number of ether oxygens (including phenoxy) is 1. The van der Waals surface area contributed by atoms with Crippen molar-refractivity contribution in [3.05, 3.63) is 46.5 Å². The van der Waals surface area contributed by atoms with Crippen molar-refractivity contribution in [2.75, 3.05) is 0 Å². The van der Waals surface area contributed by atoms with Crippen LogP contribution in [0.2, 0.25) is 0 Å². The van der Waals surface area contributed by atoms with Crippen LogP contribution in [-0.4, -0.2) is 34.9 Å². The number of Topliss-reactive ketones (excluding diaryl/α,β-unsaturated/α-hetero) is 2. The highest BCUT2D eigenvalue weighted by atomic mass is 16.5. The molecule has 0 spiro atoms. The third-order valence-electron chi connectivity index (χ3n) is 3.90. The summed E-state index contributed by atoms with van der Waals surface area (Å²) in [7, 11) is 0. The van der Waals surface area contributed by atoms with E-state index in [4.69, 9.17) is 9.84 Å². The third kappa shape index (κ3) is 2.19. The Morgan fingerprint density at radius 2 is 1.86 bits per heavy atom. The predicted molar refractivity (Wildman–Crippen MR) is 73.3 cm³/mol. The lowest BCUT2D eigenvalue weighted by Crippen LogP contribution is -2.38. The van der Waals surface area contributed by atoms with Crippen LogP contribution in [0, 0.1) is 0 Å². The highest BCUT2D eigenvalue weighted by Crippen LogP contribution is 2.36. The molecule has 108 valence electrons. The number of ketones is 2. The van der Waals surface area contributed by atoms with Gasteiger partial charge >= 0.3 is 5.97 Å². The number of carboxylic acids is 1. The Kier molecular flexibility index (Phi) is 3.22. The summed E-state index contributed by atoms with van der Waals surface area (Å²) in [6.07, 6.45) is -1.14. The number of fused-ring (bicyclic) bond motifs is 1. The molecule has 3 rings (SSSR count). The van der Waals surface area contributed by atoms with Crippen LogP contribution in [-0.2, 0) is 9.53 Å². The quantitative estimate of drug-likeness (QED) is 0.899. The van der Waals surface area contributed by atoms with Crippen LogP contribution in [0.4, 0.5) is 0 Å². The summed E-state index contributed by atoms with van der Waals surface area (Å²) < 4.78 is 5.59. The van der Waals surface area contributed by atoms with Gasteiger partial charge in [0.25, 0.3) is 0 Å². The zero-order valence-electron chi connectivity index (χ0n) is 11.5. The molecule has 0 fully saturated rings. The van der Waals surface area contributed by atoms with Crippen molar-refractivity contribution in [2.24, 2.45) is 0 Å². The number of carboxylic acid groups (broad SMARTS) is 1. The minimum Gasteiger partial charge on any atom is -0.481 e. The van der Waals surface area contributed by atoms with E-state index in [1.165, 1.54) is 0 Å². The molecule has 0 saturated heterocycles. The molecule has 2 atom stereocenters. The molecule has 2 aliphatic rings. The monoisotopic (exact) mass is 286 g/mol. The van der Waals surface area contributed by atoms with Crippen LogP contribution in [0.25, 0.3) is 0 Å². The first kappa shape index (κ1) is 13.7. The second kappa shape index (κ2) is 4.93. The standard InChI is InChI=1S/C16H14O5/c1-8-14-12(6-9(21-8)7-13(17)18)15(19)10-4-2-3-5-11(10)16(14)20/h2-5,8-9H,6-7H2,1H3,(H,17,18)/t8-,9+/m1/s1. The molecule has 1 N–H and O–H groups in total. The number of aliphatic carboxylic acids is 1. The number of carbonyl (C=O) groups excluding carboxylic acids is 2. The van der Waals surface area contributed by atoms with Crippen LogP contribution >= 0.6 is 0 Å². The molecule has 0 bridgehead atoms. The smallest absolute Gasteiger partial charge is 0.305 e. The van der Waals surface area contributed by atoms with Gasteiger partial charge in [-0.3, -0.25) is 14.4 Å². The molecule has 1 aromatic carbocycles. The molecule has 1 aromatic rings. The highest BCUT2D eigenvalue weighted by molar-refractivity contribution is 6.27. The van der Waals surface area contributed by atoms with Crippen molar-refractivity contribution in [1.29, 1.82) is 0 Å². The van der Waals surface area contributed by atoms with Crippen molar-refractivity contribution in [1.82, 2.24) is 0 Å². The van der Waals surface area contributed by atoms with Gasteiger partial charge in [-0.2, -0.15) is 0 Å². The van der Waals surface area contributed by atoms with E-state index in [9.17, 15) is 14.4 Å². The van der Waals surface area contributed by atoms with Crippen molar-refractivity contribution < 1.29 is 24.2 Å². The first-order valence-corrected chi connectivity index (χ1v) is 6.77. The van der Waals surface area contributed by atoms with Gasteiger partial charge in [0.15, 0.2) is 11.6 Å². The summed E-state index contributed by atoms with van der Waals surface area (Å²) in [6, 6.07) is 6.70. The Balaban J connectivity index is 2.04. The van der Waals surface area contributed by atoms with E-state index in [2.05, 4.69) is 0 Å². The van der Waals surface area contributed by atoms with E-state index in [0.717, 1.165) is 0 Å². The van der Waals surface area contributed by atoms with Gasteiger partial charge in [-0.25, -0.2) is 0 Å². The number of hydrogen-bond donors (Lipinski definition) is 1. The number of carbonyl (C=O) groups is 3. The fourth-order valence-electron chi connectivity index (χ4n) is 3.03. The zero-order valence-corrected chi connectivity index (χ0v) is 11.5. The molecule has 21 heavy (non-hydrogen) atoms. The van der Waals surface area contributed by atoms with Crippen molar-refractivity contribution in [3.8, 4) is 0 Å². The molecule has 0 radical (unpaired) electrons. The fourth-order valence-corrected chi connectivity index (χ4v) is 3.03. The third-order valence-corrected chi connectivity index (χ3v) is 3.90. The number of hydrogen-bond acceptors (Lipinski definition) is 4. The Hall–Kier alpha value is -2.27. The molecule has 1 aliphatic heterocycles. The lowest BCUT2D eigenvalue weighted by atomic mass is 9.78. The summed E-state index contributed by atoms with van der Waals surface area (Å²) in [4.78, 5) is 35.9. The van der Waals surface area contributed by atoms with E-state index < -0.39 is 18.2 Å². The van der Waals surface area contributed by atoms with E-state index in [1.54, 1.807) is 31.2 Å². The van der Waals surface area contributed by atoms with Gasteiger partial charge in [0.2, 0.25) is 0 Å². The summed E-state index contributed by atoms with van der Waals surface area (Å²) in [5, 5.41) is 8.88. The maximum Gasteiger partial charge on any atom is 0.305 e. The number of benzene rings is 1. The largest absolute Gasteiger partial charge is 0.481 e. The van der Waals surface area contributed by atoms with E-state index in [-0.39, 0.29) is 24.4 Å². The minimum absolute atomic E-state index is 0.172. The lowest BCUT2D eigenvalue weighted by molar-refractivity contribution is -0.141. The van der Waals surface area contributed by atoms with E-state index >= 15 is 0 Å². The summed E-state index contributed by atoms with van der Waals surface area (Å²) in [5.74, 6) is -1.36. The van der Waals surface area contributed by atoms with Crippen LogP contribution < -0.4 is 0 Å². The predicted octanol–water partition coefficient (Wildman–Crippen LogP) is 2.01. The lowest BCUT2D eigenvalue weighted by Gasteiger charge is -2.33. The average Bonchev–Trinajstić information content (AvgIpc) is 2.43. The van der Waals surface area contributed by atoms with E-state index in [1.807, 2.05) is 0 Å². The summed E-state index contributed by atoms with van der Waals surface area (Å²) in [6.45, 7) is 1.68. The second-order valence-electron chi connectivity index (χ2n) is 5.30. The van der Waals surface area contributed by atoms with Gasteiger partial charge in [-0.1, -0.05) is 24.3 Å². The molecule has 5 heteroatoms.